The smallest absolute Gasteiger partial charge is 0.248 e. The summed E-state index contributed by atoms with van der Waals surface area (Å²) in [5, 5.41) is 0. The summed E-state index contributed by atoms with van der Waals surface area (Å²) in [5.41, 5.74) is 10.5. The molecular formula is C13H12FN3O3S. The number of carbonyl (C=O) groups is 1. The van der Waals surface area contributed by atoms with Gasteiger partial charge >= 0.3 is 0 Å². The number of rotatable bonds is 4. The predicted molar refractivity (Wildman–Crippen MR) is 74.5 cm³/mol. The molecule has 1 heterocycles. The van der Waals surface area contributed by atoms with Gasteiger partial charge < -0.3 is 11.5 Å². The maximum absolute atomic E-state index is 13.8. The molecule has 8 heteroatoms. The summed E-state index contributed by atoms with van der Waals surface area (Å²) in [4.78, 5) is 14.5. The number of primary amides is 1. The van der Waals surface area contributed by atoms with Crippen molar-refractivity contribution in [2.24, 2.45) is 5.73 Å². The van der Waals surface area contributed by atoms with Crippen molar-refractivity contribution < 1.29 is 17.6 Å². The molecule has 1 amide bonds. The summed E-state index contributed by atoms with van der Waals surface area (Å²) in [6, 6.07) is 4.64. The van der Waals surface area contributed by atoms with Crippen LogP contribution in [0.1, 0.15) is 15.9 Å². The molecule has 0 radical (unpaired) electrons. The van der Waals surface area contributed by atoms with Crippen LogP contribution in [0.4, 0.5) is 10.1 Å². The van der Waals surface area contributed by atoms with E-state index in [0.717, 1.165) is 6.07 Å². The SMILES string of the molecule is NC(=O)c1ccc(CS(=O)(=O)c2ccncc2N)c(F)c1. The second-order valence-electron chi connectivity index (χ2n) is 4.34. The van der Waals surface area contributed by atoms with E-state index >= 15 is 0 Å². The Kier molecular flexibility index (Phi) is 3.90. The van der Waals surface area contributed by atoms with Gasteiger partial charge in [0.25, 0.3) is 0 Å². The Bertz CT molecular complexity index is 806. The van der Waals surface area contributed by atoms with Crippen LogP contribution in [0.25, 0.3) is 0 Å². The minimum Gasteiger partial charge on any atom is -0.396 e. The number of carbonyl (C=O) groups excluding carboxylic acids is 1. The zero-order valence-corrected chi connectivity index (χ0v) is 11.6. The number of hydrogen-bond donors (Lipinski definition) is 2. The molecule has 0 bridgehead atoms. The molecule has 1 aromatic carbocycles. The molecule has 0 saturated carbocycles. The molecule has 21 heavy (non-hydrogen) atoms. The highest BCUT2D eigenvalue weighted by molar-refractivity contribution is 7.90. The minimum absolute atomic E-state index is 0.00772. The van der Waals surface area contributed by atoms with Gasteiger partial charge in [-0.05, 0) is 18.2 Å². The van der Waals surface area contributed by atoms with Crippen molar-refractivity contribution >= 4 is 21.4 Å². The van der Waals surface area contributed by atoms with Gasteiger partial charge in [0.15, 0.2) is 9.84 Å². The van der Waals surface area contributed by atoms with Crippen LogP contribution in [0.2, 0.25) is 0 Å². The lowest BCUT2D eigenvalue weighted by Gasteiger charge is -2.08. The van der Waals surface area contributed by atoms with Gasteiger partial charge in [0.1, 0.15) is 5.82 Å². The van der Waals surface area contributed by atoms with Gasteiger partial charge in [0.05, 0.1) is 22.5 Å². The lowest BCUT2D eigenvalue weighted by atomic mass is 10.1. The maximum Gasteiger partial charge on any atom is 0.248 e. The molecule has 2 aromatic rings. The Balaban J connectivity index is 2.38. The molecule has 0 atom stereocenters. The number of anilines is 1. The Morgan fingerprint density at radius 1 is 1.29 bits per heavy atom. The van der Waals surface area contributed by atoms with Crippen molar-refractivity contribution in [2.75, 3.05) is 5.73 Å². The van der Waals surface area contributed by atoms with Crippen LogP contribution in [-0.2, 0) is 15.6 Å². The Morgan fingerprint density at radius 2 is 2.00 bits per heavy atom. The first-order valence-corrected chi connectivity index (χ1v) is 7.47. The van der Waals surface area contributed by atoms with Gasteiger partial charge in [0.2, 0.25) is 5.91 Å². The van der Waals surface area contributed by atoms with Crippen molar-refractivity contribution in [3.63, 3.8) is 0 Å². The van der Waals surface area contributed by atoms with E-state index in [4.69, 9.17) is 11.5 Å². The minimum atomic E-state index is -3.82. The molecule has 0 saturated heterocycles. The van der Waals surface area contributed by atoms with E-state index in [9.17, 15) is 17.6 Å². The molecule has 0 fully saturated rings. The lowest BCUT2D eigenvalue weighted by molar-refractivity contribution is 0.1000. The van der Waals surface area contributed by atoms with Crippen LogP contribution in [-0.4, -0.2) is 19.3 Å². The topological polar surface area (TPSA) is 116 Å². The van der Waals surface area contributed by atoms with Gasteiger partial charge in [-0.15, -0.1) is 0 Å². The second-order valence-corrected chi connectivity index (χ2v) is 6.30. The van der Waals surface area contributed by atoms with Gasteiger partial charge in [-0.1, -0.05) is 6.07 Å². The predicted octanol–water partition coefficient (Wildman–Crippen LogP) is 0.876. The largest absolute Gasteiger partial charge is 0.396 e. The van der Waals surface area contributed by atoms with Crippen LogP contribution >= 0.6 is 0 Å². The zero-order chi connectivity index (χ0) is 15.6. The fourth-order valence-electron chi connectivity index (χ4n) is 1.78. The number of hydrogen-bond acceptors (Lipinski definition) is 5. The van der Waals surface area contributed by atoms with Crippen LogP contribution in [0.15, 0.2) is 41.6 Å². The molecule has 0 aliphatic carbocycles. The summed E-state index contributed by atoms with van der Waals surface area (Å²) in [5.74, 6) is -2.18. The van der Waals surface area contributed by atoms with Crippen molar-refractivity contribution in [2.45, 2.75) is 10.6 Å². The fourth-order valence-corrected chi connectivity index (χ4v) is 3.26. The Morgan fingerprint density at radius 3 is 2.57 bits per heavy atom. The number of aromatic nitrogens is 1. The second kappa shape index (κ2) is 5.49. The molecular weight excluding hydrogens is 297 g/mol. The number of nitrogens with zero attached hydrogens (tertiary/aromatic N) is 1. The molecule has 110 valence electrons. The number of benzene rings is 1. The summed E-state index contributed by atoms with van der Waals surface area (Å²) in [6.07, 6.45) is 2.50. The van der Waals surface area contributed by atoms with Crippen LogP contribution < -0.4 is 11.5 Å². The Hall–Kier alpha value is -2.48. The highest BCUT2D eigenvalue weighted by Crippen LogP contribution is 2.22. The highest BCUT2D eigenvalue weighted by Gasteiger charge is 2.20. The summed E-state index contributed by atoms with van der Waals surface area (Å²) in [6.45, 7) is 0. The molecule has 6 nitrogen and oxygen atoms in total. The van der Waals surface area contributed by atoms with E-state index in [0.29, 0.717) is 0 Å². The molecule has 2 rings (SSSR count). The number of nitrogens with two attached hydrogens (primary N) is 2. The monoisotopic (exact) mass is 309 g/mol. The van der Waals surface area contributed by atoms with Crippen molar-refractivity contribution in [1.82, 2.24) is 4.98 Å². The van der Waals surface area contributed by atoms with E-state index in [-0.39, 0.29) is 21.7 Å². The number of pyridine rings is 1. The number of halogens is 1. The number of nitrogen functional groups attached to an aromatic ring is 1. The normalized spacial score (nSPS) is 11.3. The van der Waals surface area contributed by atoms with Gasteiger partial charge in [-0.2, -0.15) is 0 Å². The van der Waals surface area contributed by atoms with Gasteiger partial charge in [-0.25, -0.2) is 12.8 Å². The summed E-state index contributed by atoms with van der Waals surface area (Å²) in [7, 11) is -3.82. The van der Waals surface area contributed by atoms with Crippen LogP contribution in [0.3, 0.4) is 0 Å². The molecule has 1 aromatic heterocycles. The molecule has 0 aliphatic heterocycles. The first-order valence-electron chi connectivity index (χ1n) is 5.82. The maximum atomic E-state index is 13.8. The third kappa shape index (κ3) is 3.16. The lowest BCUT2D eigenvalue weighted by Crippen LogP contribution is -2.13. The van der Waals surface area contributed by atoms with E-state index < -0.39 is 27.3 Å². The first-order chi connectivity index (χ1) is 9.81. The van der Waals surface area contributed by atoms with Crippen LogP contribution in [0.5, 0.6) is 0 Å². The average Bonchev–Trinajstić information content (AvgIpc) is 2.41. The van der Waals surface area contributed by atoms with Gasteiger partial charge in [-0.3, -0.25) is 9.78 Å². The highest BCUT2D eigenvalue weighted by atomic mass is 32.2. The van der Waals surface area contributed by atoms with Gasteiger partial charge in [0, 0.05) is 17.3 Å². The number of sulfone groups is 1. The third-order valence-corrected chi connectivity index (χ3v) is 4.56. The van der Waals surface area contributed by atoms with Crippen molar-refractivity contribution in [3.8, 4) is 0 Å². The van der Waals surface area contributed by atoms with Crippen molar-refractivity contribution in [3.05, 3.63) is 53.6 Å². The average molecular weight is 309 g/mol. The van der Waals surface area contributed by atoms with E-state index in [2.05, 4.69) is 4.98 Å². The molecule has 0 aliphatic rings. The standard InChI is InChI=1S/C13H12FN3O3S/c14-10-5-8(13(16)18)1-2-9(10)7-21(19,20)12-3-4-17-6-11(12)15/h1-6H,7,15H2,(H2,16,18). The summed E-state index contributed by atoms with van der Waals surface area (Å²) >= 11 is 0. The van der Waals surface area contributed by atoms with E-state index in [1.807, 2.05) is 0 Å². The zero-order valence-electron chi connectivity index (χ0n) is 10.8. The molecule has 4 N–H and O–H groups in total. The molecule has 0 spiro atoms. The Labute approximate surface area is 120 Å². The molecule has 0 unspecified atom stereocenters. The fraction of sp³-hybridized carbons (Fsp3) is 0.0769. The van der Waals surface area contributed by atoms with E-state index in [1.54, 1.807) is 0 Å². The van der Waals surface area contributed by atoms with Crippen molar-refractivity contribution in [1.29, 1.82) is 0 Å². The first kappa shape index (κ1) is 14.9. The van der Waals surface area contributed by atoms with E-state index in [1.165, 1.54) is 30.6 Å². The number of amides is 1. The summed E-state index contributed by atoms with van der Waals surface area (Å²) < 4.78 is 38.3. The quantitative estimate of drug-likeness (QED) is 0.869. The van der Waals surface area contributed by atoms with Crippen LogP contribution in [0, 0.1) is 5.82 Å². The third-order valence-electron chi connectivity index (χ3n) is 2.83.